The molecule has 0 N–H and O–H groups in total. The first-order chi connectivity index (χ1) is 9.65. The summed E-state index contributed by atoms with van der Waals surface area (Å²) in [6.07, 6.45) is -8.10. The highest BCUT2D eigenvalue weighted by molar-refractivity contribution is 14.1. The van der Waals surface area contributed by atoms with Crippen LogP contribution >= 0.6 is 22.6 Å². The second-order valence-electron chi connectivity index (χ2n) is 3.63. The summed E-state index contributed by atoms with van der Waals surface area (Å²) in [5.74, 6) is -1.59. The maximum absolute atomic E-state index is 12.8. The van der Waals surface area contributed by atoms with Crippen LogP contribution in [0.5, 0.6) is 5.75 Å². The third-order valence-corrected chi connectivity index (χ3v) is 3.35. The number of rotatable bonds is 5. The van der Waals surface area contributed by atoms with Gasteiger partial charge in [-0.05, 0) is 29.5 Å². The van der Waals surface area contributed by atoms with Crippen molar-refractivity contribution >= 4 is 28.6 Å². The summed E-state index contributed by atoms with van der Waals surface area (Å²) in [6, 6.07) is 0. The molecule has 1 aromatic rings. The lowest BCUT2D eigenvalue weighted by Crippen LogP contribution is -2.20. The monoisotopic (exact) mass is 425 g/mol. The first-order valence-corrected chi connectivity index (χ1v) is 6.60. The molecule has 0 saturated carbocycles. The van der Waals surface area contributed by atoms with Crippen LogP contribution in [-0.2, 0) is 16.0 Å². The number of ether oxygens (including phenoxy) is 2. The van der Waals surface area contributed by atoms with Crippen molar-refractivity contribution < 1.29 is 36.2 Å². The van der Waals surface area contributed by atoms with Crippen molar-refractivity contribution in [2.75, 3.05) is 6.61 Å². The highest BCUT2D eigenvalue weighted by Gasteiger charge is 2.33. The fourth-order valence-corrected chi connectivity index (χ4v) is 2.15. The lowest BCUT2D eigenvalue weighted by Gasteiger charge is -2.15. The van der Waals surface area contributed by atoms with Crippen LogP contribution < -0.4 is 4.74 Å². The first-order valence-electron chi connectivity index (χ1n) is 5.52. The van der Waals surface area contributed by atoms with Crippen LogP contribution in [0.3, 0.4) is 0 Å². The molecular weight excluding hydrogens is 416 g/mol. The molecule has 1 heterocycles. The molecule has 0 unspecified atom stereocenters. The van der Waals surface area contributed by atoms with Crippen LogP contribution in [0, 0.1) is 3.57 Å². The molecule has 10 heteroatoms. The van der Waals surface area contributed by atoms with Crippen LogP contribution in [0.2, 0.25) is 0 Å². The summed E-state index contributed by atoms with van der Waals surface area (Å²) in [4.78, 5) is 14.6. The molecule has 0 spiro atoms. The molecule has 0 aliphatic carbocycles. The number of alkyl halides is 5. The van der Waals surface area contributed by atoms with Crippen molar-refractivity contribution in [1.29, 1.82) is 0 Å². The highest BCUT2D eigenvalue weighted by Crippen LogP contribution is 2.33. The van der Waals surface area contributed by atoms with Gasteiger partial charge in [0.15, 0.2) is 5.75 Å². The van der Waals surface area contributed by atoms with E-state index in [1.807, 2.05) is 0 Å². The summed E-state index contributed by atoms with van der Waals surface area (Å²) >= 11 is 1.40. The number of aromatic nitrogens is 1. The molecule has 0 aliphatic rings. The van der Waals surface area contributed by atoms with Gasteiger partial charge < -0.3 is 9.47 Å². The Kier molecular flexibility index (Phi) is 6.10. The lowest BCUT2D eigenvalue weighted by atomic mass is 10.1. The fraction of sp³-hybridized carbons (Fsp3) is 0.455. The molecule has 1 aromatic heterocycles. The van der Waals surface area contributed by atoms with Gasteiger partial charge in [-0.25, -0.2) is 8.78 Å². The molecule has 1 rings (SSSR count). The van der Waals surface area contributed by atoms with E-state index in [9.17, 15) is 26.7 Å². The van der Waals surface area contributed by atoms with Crippen LogP contribution in [0.25, 0.3) is 0 Å². The molecule has 0 saturated heterocycles. The van der Waals surface area contributed by atoms with Crippen LogP contribution in [-0.4, -0.2) is 23.9 Å². The zero-order valence-corrected chi connectivity index (χ0v) is 12.7. The molecule has 0 fully saturated rings. The Morgan fingerprint density at radius 3 is 2.52 bits per heavy atom. The normalized spacial score (nSPS) is 11.6. The van der Waals surface area contributed by atoms with Crippen molar-refractivity contribution in [3.8, 4) is 5.75 Å². The minimum Gasteiger partial charge on any atom is -0.466 e. The standard InChI is InChI=1S/C11H9F5INO3/c1-2-20-7(19)3-5-8(17)6(21-11(14,15)16)4-18-9(5)10(12)13/h4,10H,2-3H2,1H3. The number of hydrogen-bond acceptors (Lipinski definition) is 4. The Hall–Kier alpha value is -1.20. The van der Waals surface area contributed by atoms with Crippen molar-refractivity contribution in [3.05, 3.63) is 21.0 Å². The van der Waals surface area contributed by atoms with Crippen molar-refractivity contribution in [2.24, 2.45) is 0 Å². The van der Waals surface area contributed by atoms with E-state index in [-0.39, 0.29) is 15.7 Å². The molecule has 0 aromatic carbocycles. The highest BCUT2D eigenvalue weighted by atomic mass is 127. The number of carbonyl (C=O) groups excluding carboxylic acids is 1. The third kappa shape index (κ3) is 5.25. The smallest absolute Gasteiger partial charge is 0.466 e. The first kappa shape index (κ1) is 17.9. The predicted octanol–water partition coefficient (Wildman–Crippen LogP) is 3.63. The van der Waals surface area contributed by atoms with Gasteiger partial charge in [0, 0.05) is 5.56 Å². The van der Waals surface area contributed by atoms with Gasteiger partial charge in [-0.3, -0.25) is 9.78 Å². The van der Waals surface area contributed by atoms with Gasteiger partial charge in [-0.1, -0.05) is 0 Å². The molecule has 21 heavy (non-hydrogen) atoms. The number of hydrogen-bond donors (Lipinski definition) is 0. The van der Waals surface area contributed by atoms with E-state index in [1.165, 1.54) is 29.5 Å². The molecule has 0 amide bonds. The van der Waals surface area contributed by atoms with E-state index in [1.54, 1.807) is 0 Å². The average Bonchev–Trinajstić information content (AvgIpc) is 2.32. The second-order valence-corrected chi connectivity index (χ2v) is 4.71. The number of nitrogens with zero attached hydrogens (tertiary/aromatic N) is 1. The second kappa shape index (κ2) is 7.18. The number of halogens is 6. The van der Waals surface area contributed by atoms with E-state index in [2.05, 4.69) is 14.5 Å². The third-order valence-electron chi connectivity index (χ3n) is 2.17. The number of esters is 1. The summed E-state index contributed by atoms with van der Waals surface area (Å²) in [5.41, 5.74) is -1.12. The summed E-state index contributed by atoms with van der Waals surface area (Å²) < 4.78 is 70.3. The van der Waals surface area contributed by atoms with Gasteiger partial charge in [0.05, 0.1) is 22.8 Å². The minimum absolute atomic E-state index is 0.0194. The zero-order valence-electron chi connectivity index (χ0n) is 10.5. The number of carbonyl (C=O) groups is 1. The van der Waals surface area contributed by atoms with Gasteiger partial charge in [-0.2, -0.15) is 0 Å². The van der Waals surface area contributed by atoms with Crippen molar-refractivity contribution in [2.45, 2.75) is 26.1 Å². The van der Waals surface area contributed by atoms with Crippen LogP contribution in [0.1, 0.15) is 24.6 Å². The van der Waals surface area contributed by atoms with E-state index in [0.29, 0.717) is 6.20 Å². The van der Waals surface area contributed by atoms with E-state index in [4.69, 9.17) is 0 Å². The zero-order chi connectivity index (χ0) is 16.2. The Morgan fingerprint density at radius 2 is 2.05 bits per heavy atom. The minimum atomic E-state index is -4.99. The average molecular weight is 425 g/mol. The van der Waals surface area contributed by atoms with E-state index in [0.717, 1.165) is 0 Å². The molecule has 0 aliphatic heterocycles. The largest absolute Gasteiger partial charge is 0.573 e. The summed E-state index contributed by atoms with van der Waals surface area (Å²) in [5, 5.41) is 0. The summed E-state index contributed by atoms with van der Waals surface area (Å²) in [7, 11) is 0. The molecule has 0 bridgehead atoms. The van der Waals surface area contributed by atoms with E-state index >= 15 is 0 Å². The Labute approximate surface area is 129 Å². The van der Waals surface area contributed by atoms with Crippen LogP contribution in [0.4, 0.5) is 22.0 Å². The van der Waals surface area contributed by atoms with Gasteiger partial charge in [0.2, 0.25) is 0 Å². The predicted molar refractivity (Wildman–Crippen MR) is 68.9 cm³/mol. The van der Waals surface area contributed by atoms with Crippen molar-refractivity contribution in [3.63, 3.8) is 0 Å². The van der Waals surface area contributed by atoms with Gasteiger partial charge in [0.1, 0.15) is 5.69 Å². The fourth-order valence-electron chi connectivity index (χ4n) is 1.43. The Balaban J connectivity index is 3.21. The van der Waals surface area contributed by atoms with Gasteiger partial charge >= 0.3 is 12.3 Å². The number of pyridine rings is 1. The summed E-state index contributed by atoms with van der Waals surface area (Å²) in [6.45, 7) is 1.53. The molecule has 0 radical (unpaired) electrons. The van der Waals surface area contributed by atoms with Gasteiger partial charge in [-0.15, -0.1) is 13.2 Å². The quantitative estimate of drug-likeness (QED) is 0.411. The maximum atomic E-state index is 12.8. The lowest BCUT2D eigenvalue weighted by molar-refractivity contribution is -0.275. The van der Waals surface area contributed by atoms with Crippen LogP contribution in [0.15, 0.2) is 6.20 Å². The van der Waals surface area contributed by atoms with Crippen molar-refractivity contribution in [1.82, 2.24) is 4.98 Å². The molecular formula is C11H9F5INO3. The maximum Gasteiger partial charge on any atom is 0.573 e. The van der Waals surface area contributed by atoms with E-state index < -0.39 is 36.6 Å². The topological polar surface area (TPSA) is 48.4 Å². The molecule has 118 valence electrons. The molecule has 4 nitrogen and oxygen atoms in total. The van der Waals surface area contributed by atoms with Gasteiger partial charge in [0.25, 0.3) is 6.43 Å². The molecule has 0 atom stereocenters. The Bertz CT molecular complexity index is 521. The Morgan fingerprint density at radius 1 is 1.43 bits per heavy atom. The SMILES string of the molecule is CCOC(=O)Cc1c(C(F)F)ncc(OC(F)(F)F)c1I.